The normalized spacial score (nSPS) is 15.7. The highest BCUT2D eigenvalue weighted by Crippen LogP contribution is 2.30. The van der Waals surface area contributed by atoms with Crippen LogP contribution in [0.15, 0.2) is 62.6 Å². The number of hydrogen-bond donors (Lipinski definition) is 0. The summed E-state index contributed by atoms with van der Waals surface area (Å²) in [5.41, 5.74) is 3.52. The SMILES string of the molecule is Cc1noc(C)c1CSc1ccccc1C(=O)N1CCCC(OCc2cn(-c3ccc(Br)cc3F)nn2)C1. The number of ether oxygens (including phenoxy) is 1. The Morgan fingerprint density at radius 2 is 2.11 bits per heavy atom. The van der Waals surface area contributed by atoms with Gasteiger partial charge in [0.05, 0.1) is 30.2 Å². The first-order valence-corrected chi connectivity index (χ1v) is 14.1. The van der Waals surface area contributed by atoms with E-state index < -0.39 is 5.82 Å². The summed E-state index contributed by atoms with van der Waals surface area (Å²) >= 11 is 4.87. The number of nitrogens with zero attached hydrogens (tertiary/aromatic N) is 5. The second-order valence-electron chi connectivity index (χ2n) is 9.16. The largest absolute Gasteiger partial charge is 0.370 e. The molecular formula is C27H27BrFN5O3S. The van der Waals surface area contributed by atoms with Gasteiger partial charge in [0.1, 0.15) is 23.0 Å². The molecule has 198 valence electrons. The molecule has 0 aliphatic carbocycles. The maximum atomic E-state index is 14.3. The summed E-state index contributed by atoms with van der Waals surface area (Å²) < 4.78 is 27.7. The Bertz CT molecular complexity index is 1420. The highest BCUT2D eigenvalue weighted by atomic mass is 79.9. The van der Waals surface area contributed by atoms with Crippen LogP contribution in [-0.4, -0.2) is 50.2 Å². The van der Waals surface area contributed by atoms with Crippen LogP contribution >= 0.6 is 27.7 Å². The van der Waals surface area contributed by atoms with Gasteiger partial charge in [-0.1, -0.05) is 38.4 Å². The number of carbonyl (C=O) groups is 1. The number of aryl methyl sites for hydroxylation is 2. The lowest BCUT2D eigenvalue weighted by atomic mass is 10.1. The van der Waals surface area contributed by atoms with Crippen molar-refractivity contribution in [2.45, 2.75) is 50.0 Å². The number of aromatic nitrogens is 4. The minimum atomic E-state index is -0.400. The van der Waals surface area contributed by atoms with Gasteiger partial charge in [-0.25, -0.2) is 9.07 Å². The van der Waals surface area contributed by atoms with E-state index in [1.165, 1.54) is 10.7 Å². The predicted molar refractivity (Wildman–Crippen MR) is 145 cm³/mol. The molecule has 38 heavy (non-hydrogen) atoms. The molecule has 2 aromatic carbocycles. The highest BCUT2D eigenvalue weighted by Gasteiger charge is 2.27. The van der Waals surface area contributed by atoms with Crippen molar-refractivity contribution in [3.8, 4) is 5.69 Å². The van der Waals surface area contributed by atoms with E-state index >= 15 is 0 Å². The van der Waals surface area contributed by atoms with Gasteiger partial charge >= 0.3 is 0 Å². The van der Waals surface area contributed by atoms with Gasteiger partial charge in [0.15, 0.2) is 0 Å². The van der Waals surface area contributed by atoms with E-state index in [-0.39, 0.29) is 18.6 Å². The zero-order valence-electron chi connectivity index (χ0n) is 21.1. The van der Waals surface area contributed by atoms with E-state index in [0.29, 0.717) is 40.3 Å². The third kappa shape index (κ3) is 6.00. The van der Waals surface area contributed by atoms with E-state index in [4.69, 9.17) is 9.26 Å². The Morgan fingerprint density at radius 3 is 2.89 bits per heavy atom. The van der Waals surface area contributed by atoms with E-state index in [1.807, 2.05) is 43.0 Å². The van der Waals surface area contributed by atoms with Gasteiger partial charge in [-0.15, -0.1) is 16.9 Å². The topological polar surface area (TPSA) is 86.3 Å². The summed E-state index contributed by atoms with van der Waals surface area (Å²) in [4.78, 5) is 16.3. The summed E-state index contributed by atoms with van der Waals surface area (Å²) in [6, 6.07) is 12.5. The Hall–Kier alpha value is -3.02. The number of carbonyl (C=O) groups excluding carboxylic acids is 1. The lowest BCUT2D eigenvalue weighted by molar-refractivity contribution is -0.00797. The monoisotopic (exact) mass is 599 g/mol. The van der Waals surface area contributed by atoms with E-state index in [9.17, 15) is 9.18 Å². The highest BCUT2D eigenvalue weighted by molar-refractivity contribution is 9.10. The Morgan fingerprint density at radius 1 is 1.26 bits per heavy atom. The predicted octanol–water partition coefficient (Wildman–Crippen LogP) is 5.89. The van der Waals surface area contributed by atoms with Crippen molar-refractivity contribution in [1.29, 1.82) is 0 Å². The molecule has 0 N–H and O–H groups in total. The van der Waals surface area contributed by atoms with Gasteiger partial charge in [0.2, 0.25) is 0 Å². The van der Waals surface area contributed by atoms with Crippen LogP contribution in [0, 0.1) is 19.7 Å². The third-order valence-corrected chi connectivity index (χ3v) is 8.09. The van der Waals surface area contributed by atoms with Crippen molar-refractivity contribution in [2.24, 2.45) is 0 Å². The molecule has 0 bridgehead atoms. The molecule has 5 rings (SSSR count). The van der Waals surface area contributed by atoms with Crippen LogP contribution in [0.2, 0.25) is 0 Å². The molecule has 0 radical (unpaired) electrons. The van der Waals surface area contributed by atoms with Crippen LogP contribution in [0.1, 0.15) is 45.9 Å². The molecule has 8 nitrogen and oxygen atoms in total. The van der Waals surface area contributed by atoms with Crippen molar-refractivity contribution >= 4 is 33.6 Å². The minimum Gasteiger partial charge on any atom is -0.370 e. The zero-order chi connectivity index (χ0) is 26.6. The molecule has 3 heterocycles. The average Bonchev–Trinajstić information content (AvgIpc) is 3.52. The quantitative estimate of drug-likeness (QED) is 0.233. The van der Waals surface area contributed by atoms with E-state index in [2.05, 4.69) is 31.4 Å². The second-order valence-corrected chi connectivity index (χ2v) is 11.1. The van der Waals surface area contributed by atoms with Crippen molar-refractivity contribution in [3.05, 3.63) is 87.2 Å². The van der Waals surface area contributed by atoms with Gasteiger partial charge in [0, 0.05) is 33.8 Å². The van der Waals surface area contributed by atoms with Gasteiger partial charge in [-0.3, -0.25) is 4.79 Å². The van der Waals surface area contributed by atoms with Crippen LogP contribution < -0.4 is 0 Å². The molecule has 0 spiro atoms. The number of rotatable bonds is 8. The van der Waals surface area contributed by atoms with Gasteiger partial charge in [-0.05, 0) is 57.0 Å². The number of likely N-dealkylation sites (tertiary alicyclic amines) is 1. The van der Waals surface area contributed by atoms with Crippen LogP contribution in [0.5, 0.6) is 0 Å². The maximum Gasteiger partial charge on any atom is 0.255 e. The average molecular weight is 601 g/mol. The summed E-state index contributed by atoms with van der Waals surface area (Å²) in [6.07, 6.45) is 3.23. The molecule has 1 saturated heterocycles. The van der Waals surface area contributed by atoms with E-state index in [0.717, 1.165) is 34.8 Å². The van der Waals surface area contributed by atoms with Gasteiger partial charge < -0.3 is 14.2 Å². The number of hydrogen-bond acceptors (Lipinski definition) is 7. The van der Waals surface area contributed by atoms with Crippen LogP contribution in [0.3, 0.4) is 0 Å². The molecule has 1 unspecified atom stereocenters. The number of thioether (sulfide) groups is 1. The molecular weight excluding hydrogens is 573 g/mol. The first-order valence-electron chi connectivity index (χ1n) is 12.3. The fraction of sp³-hybridized carbons (Fsp3) is 0.333. The second kappa shape index (κ2) is 11.8. The molecule has 1 fully saturated rings. The standard InChI is InChI=1S/C27H27BrFN5O3S/c1-17-23(18(2)37-31-17)16-38-26-8-4-3-7-22(26)27(35)33-11-5-6-21(14-33)36-15-20-13-34(32-30-20)25-10-9-19(28)12-24(25)29/h3-4,7-10,12-13,21H,5-6,11,14-16H2,1-2H3. The van der Waals surface area contributed by atoms with Crippen LogP contribution in [0.4, 0.5) is 4.39 Å². The molecule has 1 atom stereocenters. The summed E-state index contributed by atoms with van der Waals surface area (Å²) in [6.45, 7) is 5.24. The lowest BCUT2D eigenvalue weighted by Crippen LogP contribution is -2.43. The van der Waals surface area contributed by atoms with Gasteiger partial charge in [0.25, 0.3) is 5.91 Å². The number of benzene rings is 2. The smallest absolute Gasteiger partial charge is 0.255 e. The van der Waals surface area contributed by atoms with Crippen LogP contribution in [0.25, 0.3) is 5.69 Å². The maximum absolute atomic E-state index is 14.3. The lowest BCUT2D eigenvalue weighted by Gasteiger charge is -2.33. The zero-order valence-corrected chi connectivity index (χ0v) is 23.5. The molecule has 1 amide bonds. The minimum absolute atomic E-state index is 0.00294. The Kier molecular flexibility index (Phi) is 8.25. The molecule has 2 aromatic heterocycles. The number of piperidine rings is 1. The number of amides is 1. The summed E-state index contributed by atoms with van der Waals surface area (Å²) in [5, 5.41) is 12.2. The molecule has 4 aromatic rings. The number of halogens is 2. The molecule has 1 aliphatic heterocycles. The van der Waals surface area contributed by atoms with Crippen molar-refractivity contribution in [2.75, 3.05) is 13.1 Å². The Labute approximate surface area is 232 Å². The third-order valence-electron chi connectivity index (χ3n) is 6.50. The van der Waals surface area contributed by atoms with Gasteiger partial charge in [-0.2, -0.15) is 0 Å². The molecule has 1 aliphatic rings. The molecule has 11 heteroatoms. The first-order chi connectivity index (χ1) is 18.4. The van der Waals surface area contributed by atoms with Crippen molar-refractivity contribution in [1.82, 2.24) is 25.1 Å². The Balaban J connectivity index is 1.20. The van der Waals surface area contributed by atoms with Crippen LogP contribution in [-0.2, 0) is 17.1 Å². The van der Waals surface area contributed by atoms with Crippen molar-refractivity contribution < 1.29 is 18.4 Å². The van der Waals surface area contributed by atoms with Crippen molar-refractivity contribution in [3.63, 3.8) is 0 Å². The van der Waals surface area contributed by atoms with E-state index in [1.54, 1.807) is 30.1 Å². The first kappa shape index (κ1) is 26.6. The summed E-state index contributed by atoms with van der Waals surface area (Å²) in [5.74, 6) is 1.08. The fourth-order valence-corrected chi connectivity index (χ4v) is 5.94. The molecule has 0 saturated carbocycles. The summed E-state index contributed by atoms with van der Waals surface area (Å²) in [7, 11) is 0. The fourth-order valence-electron chi connectivity index (χ4n) is 4.41.